The summed E-state index contributed by atoms with van der Waals surface area (Å²) in [5.74, 6) is -0.566. The van der Waals surface area contributed by atoms with Crippen LogP contribution in [-0.2, 0) is 14.8 Å². The Morgan fingerprint density at radius 2 is 1.81 bits per heavy atom. The van der Waals surface area contributed by atoms with Crippen LogP contribution in [-0.4, -0.2) is 25.4 Å². The van der Waals surface area contributed by atoms with Crippen LogP contribution in [0.1, 0.15) is 55.5 Å². The van der Waals surface area contributed by atoms with Gasteiger partial charge in [0.05, 0.1) is 11.7 Å². The van der Waals surface area contributed by atoms with Gasteiger partial charge in [0.15, 0.2) is 0 Å². The molecule has 8 heteroatoms. The van der Waals surface area contributed by atoms with Gasteiger partial charge in [0, 0.05) is 23.7 Å². The molecule has 3 rings (SSSR count). The molecule has 1 aliphatic carbocycles. The third-order valence-electron chi connectivity index (χ3n) is 5.80. The number of pyridine rings is 1. The monoisotopic (exact) mass is 457 g/mol. The van der Waals surface area contributed by atoms with Crippen molar-refractivity contribution in [1.82, 2.24) is 15.0 Å². The molecule has 0 unspecified atom stereocenters. The molecule has 170 valence electrons. The van der Waals surface area contributed by atoms with E-state index < -0.39 is 10.0 Å². The van der Waals surface area contributed by atoms with Crippen molar-refractivity contribution in [2.75, 3.05) is 0 Å². The Bertz CT molecular complexity index is 1090. The molecule has 1 atom stereocenters. The minimum Gasteiger partial charge on any atom is -0.349 e. The third-order valence-corrected chi connectivity index (χ3v) is 7.28. The highest BCUT2D eigenvalue weighted by Crippen LogP contribution is 2.27. The van der Waals surface area contributed by atoms with Crippen molar-refractivity contribution in [3.05, 3.63) is 72.3 Å². The van der Waals surface area contributed by atoms with Crippen LogP contribution < -0.4 is 10.0 Å². The summed E-state index contributed by atoms with van der Waals surface area (Å²) in [7, 11) is -3.74. The van der Waals surface area contributed by atoms with E-state index in [2.05, 4.69) is 28.2 Å². The summed E-state index contributed by atoms with van der Waals surface area (Å²) >= 11 is 0. The van der Waals surface area contributed by atoms with Crippen LogP contribution in [0.3, 0.4) is 0 Å². The number of sulfonamides is 1. The fraction of sp³-hybridized carbons (Fsp3) is 0.333. The Morgan fingerprint density at radius 3 is 2.41 bits per heavy atom. The number of hydrogen-bond acceptors (Lipinski definition) is 4. The van der Waals surface area contributed by atoms with Gasteiger partial charge in [0.1, 0.15) is 10.7 Å². The Kier molecular flexibility index (Phi) is 7.58. The van der Waals surface area contributed by atoms with E-state index in [1.807, 2.05) is 6.92 Å². The normalized spacial score (nSPS) is 19.7. The number of halogens is 1. The molecular weight excluding hydrogens is 429 g/mol. The lowest BCUT2D eigenvalue weighted by molar-refractivity contribution is -0.126. The van der Waals surface area contributed by atoms with Gasteiger partial charge in [-0.2, -0.15) is 0 Å². The first-order chi connectivity index (χ1) is 15.2. The molecule has 1 aromatic carbocycles. The van der Waals surface area contributed by atoms with E-state index in [0.717, 1.165) is 5.56 Å². The molecule has 2 aromatic rings. The molecule has 1 aromatic heterocycles. The van der Waals surface area contributed by atoms with E-state index in [9.17, 15) is 17.6 Å². The molecule has 0 saturated heterocycles. The lowest BCUT2D eigenvalue weighted by atomic mass is 9.85. The predicted octanol–water partition coefficient (Wildman–Crippen LogP) is 4.22. The standard InChI is InChI=1S/C24H28FN3O3S/c1-4-17-14-22(15-26-23(17)5-2)32(30,31)28-21-12-8-19(9-13-21)24(29)27-16(3)18-6-10-20(25)11-7-18/h4-7,10-11,14-16,19,21,28H,1-2,8-9,12-13H2,3H3,(H,27,29)/t16-,19?,21?/m1/s1. The van der Waals surface area contributed by atoms with Gasteiger partial charge in [0.2, 0.25) is 15.9 Å². The van der Waals surface area contributed by atoms with Gasteiger partial charge in [-0.15, -0.1) is 0 Å². The van der Waals surface area contributed by atoms with Crippen LogP contribution in [0.25, 0.3) is 12.2 Å². The van der Waals surface area contributed by atoms with E-state index >= 15 is 0 Å². The van der Waals surface area contributed by atoms with Crippen molar-refractivity contribution in [1.29, 1.82) is 0 Å². The van der Waals surface area contributed by atoms with Crippen molar-refractivity contribution in [3.8, 4) is 0 Å². The van der Waals surface area contributed by atoms with E-state index in [-0.39, 0.29) is 34.6 Å². The molecule has 1 aliphatic rings. The van der Waals surface area contributed by atoms with E-state index in [4.69, 9.17) is 0 Å². The second-order valence-electron chi connectivity index (χ2n) is 8.01. The Hall–Kier alpha value is -2.84. The van der Waals surface area contributed by atoms with Gasteiger partial charge in [-0.1, -0.05) is 31.4 Å². The zero-order valence-corrected chi connectivity index (χ0v) is 18.9. The summed E-state index contributed by atoms with van der Waals surface area (Å²) in [4.78, 5) is 16.9. The van der Waals surface area contributed by atoms with Crippen LogP contribution in [0.15, 0.2) is 54.6 Å². The molecule has 0 aliphatic heterocycles. The average Bonchev–Trinajstić information content (AvgIpc) is 2.79. The van der Waals surface area contributed by atoms with Crippen molar-refractivity contribution < 1.29 is 17.6 Å². The van der Waals surface area contributed by atoms with Crippen LogP contribution in [0.4, 0.5) is 4.39 Å². The van der Waals surface area contributed by atoms with Crippen molar-refractivity contribution in [2.24, 2.45) is 5.92 Å². The summed E-state index contributed by atoms with van der Waals surface area (Å²) in [5.41, 5.74) is 2.00. The molecule has 1 heterocycles. The number of nitrogens with one attached hydrogen (secondary N) is 2. The summed E-state index contributed by atoms with van der Waals surface area (Å²) in [6, 6.07) is 7.09. The van der Waals surface area contributed by atoms with E-state index in [1.54, 1.807) is 24.3 Å². The summed E-state index contributed by atoms with van der Waals surface area (Å²) < 4.78 is 41.4. The second-order valence-corrected chi connectivity index (χ2v) is 9.72. The van der Waals surface area contributed by atoms with E-state index in [1.165, 1.54) is 24.4 Å². The number of carbonyl (C=O) groups excluding carboxylic acids is 1. The Balaban J connectivity index is 1.56. The number of amides is 1. The minimum absolute atomic E-state index is 0.0667. The van der Waals surface area contributed by atoms with Gasteiger partial charge in [-0.3, -0.25) is 9.78 Å². The Morgan fingerprint density at radius 1 is 1.16 bits per heavy atom. The first kappa shape index (κ1) is 23.8. The van der Waals surface area contributed by atoms with Crippen molar-refractivity contribution >= 4 is 28.1 Å². The van der Waals surface area contributed by atoms with Gasteiger partial charge in [0.25, 0.3) is 0 Å². The number of aromatic nitrogens is 1. The predicted molar refractivity (Wildman–Crippen MR) is 123 cm³/mol. The van der Waals surface area contributed by atoms with Gasteiger partial charge in [-0.05, 0) is 62.4 Å². The molecule has 1 saturated carbocycles. The molecule has 32 heavy (non-hydrogen) atoms. The molecule has 0 radical (unpaired) electrons. The summed E-state index contributed by atoms with van der Waals surface area (Å²) in [6.45, 7) is 9.21. The lowest BCUT2D eigenvalue weighted by Gasteiger charge is -2.29. The van der Waals surface area contributed by atoms with Crippen molar-refractivity contribution in [2.45, 2.75) is 49.6 Å². The highest BCUT2D eigenvalue weighted by atomic mass is 32.2. The molecule has 2 N–H and O–H groups in total. The second kappa shape index (κ2) is 10.2. The highest BCUT2D eigenvalue weighted by molar-refractivity contribution is 7.89. The maximum absolute atomic E-state index is 13.1. The van der Waals surface area contributed by atoms with Crippen LogP contribution in [0, 0.1) is 11.7 Å². The number of rotatable bonds is 8. The molecule has 0 spiro atoms. The third kappa shape index (κ3) is 5.69. The minimum atomic E-state index is -3.74. The first-order valence-corrected chi connectivity index (χ1v) is 12.0. The molecule has 1 amide bonds. The molecular formula is C24H28FN3O3S. The van der Waals surface area contributed by atoms with E-state index in [0.29, 0.717) is 36.9 Å². The van der Waals surface area contributed by atoms with Crippen LogP contribution in [0.5, 0.6) is 0 Å². The smallest absolute Gasteiger partial charge is 0.242 e. The van der Waals surface area contributed by atoms with Crippen LogP contribution in [0.2, 0.25) is 0 Å². The largest absolute Gasteiger partial charge is 0.349 e. The van der Waals surface area contributed by atoms with Crippen molar-refractivity contribution in [3.63, 3.8) is 0 Å². The zero-order valence-electron chi connectivity index (χ0n) is 18.1. The SMILES string of the molecule is C=Cc1cc(S(=O)(=O)NC2CCC(C(=O)N[C@H](C)c3ccc(F)cc3)CC2)cnc1C=C. The van der Waals surface area contributed by atoms with Gasteiger partial charge < -0.3 is 5.32 Å². The average molecular weight is 458 g/mol. The highest BCUT2D eigenvalue weighted by Gasteiger charge is 2.30. The topological polar surface area (TPSA) is 88.2 Å². The number of carbonyl (C=O) groups is 1. The quantitative estimate of drug-likeness (QED) is 0.621. The zero-order chi connectivity index (χ0) is 23.3. The fourth-order valence-corrected chi connectivity index (χ4v) is 5.16. The number of nitrogens with zero attached hydrogens (tertiary/aromatic N) is 1. The van der Waals surface area contributed by atoms with Crippen LogP contribution >= 0.6 is 0 Å². The molecule has 0 bridgehead atoms. The maximum atomic E-state index is 13.1. The molecule has 1 fully saturated rings. The van der Waals surface area contributed by atoms with Gasteiger partial charge in [-0.25, -0.2) is 17.5 Å². The number of benzene rings is 1. The summed E-state index contributed by atoms with van der Waals surface area (Å²) in [6.07, 6.45) is 6.69. The first-order valence-electron chi connectivity index (χ1n) is 10.6. The number of hydrogen-bond donors (Lipinski definition) is 2. The summed E-state index contributed by atoms with van der Waals surface area (Å²) in [5, 5.41) is 2.97. The molecule has 6 nitrogen and oxygen atoms in total. The maximum Gasteiger partial charge on any atom is 0.242 e. The lowest BCUT2D eigenvalue weighted by Crippen LogP contribution is -2.41. The Labute approximate surface area is 188 Å². The fourth-order valence-electron chi connectivity index (χ4n) is 3.88. The van der Waals surface area contributed by atoms with Gasteiger partial charge >= 0.3 is 0 Å².